The maximum Gasteiger partial charge on any atom is 0.354 e. The molecule has 2 rings (SSSR count). The van der Waals surface area contributed by atoms with Crippen molar-refractivity contribution < 1.29 is 9.53 Å². The number of aromatic nitrogens is 1. The Labute approximate surface area is 128 Å². The summed E-state index contributed by atoms with van der Waals surface area (Å²) in [6, 6.07) is 3.60. The molecule has 2 aromatic rings. The van der Waals surface area contributed by atoms with Gasteiger partial charge in [-0.3, -0.25) is 0 Å². The van der Waals surface area contributed by atoms with E-state index >= 15 is 0 Å². The van der Waals surface area contributed by atoms with Crippen molar-refractivity contribution in [3.63, 3.8) is 0 Å². The predicted molar refractivity (Wildman–Crippen MR) is 81.6 cm³/mol. The number of esters is 1. The number of halogens is 3. The molecule has 1 aromatic carbocycles. The summed E-state index contributed by atoms with van der Waals surface area (Å²) in [6.45, 7) is 2.11. The van der Waals surface area contributed by atoms with Crippen LogP contribution in [0.3, 0.4) is 0 Å². The molecule has 1 heterocycles. The lowest BCUT2D eigenvalue weighted by atomic mass is 10.2. The van der Waals surface area contributed by atoms with Gasteiger partial charge >= 0.3 is 5.97 Å². The molecule has 96 valence electrons. The molecule has 0 bridgehead atoms. The second-order valence-corrected chi connectivity index (χ2v) is 5.65. The standard InChI is InChI=1S/C12H10Cl2INO2/c1-3-18-12(17)9-4-6-8(16(9)2)5-7(15)11(14)10(6)13/h4-5H,3H2,1-2H3. The Hall–Kier alpha value is -0.460. The van der Waals surface area contributed by atoms with Gasteiger partial charge in [-0.2, -0.15) is 0 Å². The van der Waals surface area contributed by atoms with Gasteiger partial charge in [-0.15, -0.1) is 0 Å². The summed E-state index contributed by atoms with van der Waals surface area (Å²) in [6.07, 6.45) is 0. The molecule has 0 fully saturated rings. The Morgan fingerprint density at radius 3 is 2.67 bits per heavy atom. The van der Waals surface area contributed by atoms with Gasteiger partial charge in [-0.25, -0.2) is 4.79 Å². The number of hydrogen-bond acceptors (Lipinski definition) is 2. The van der Waals surface area contributed by atoms with Gasteiger partial charge in [-0.05, 0) is 41.6 Å². The van der Waals surface area contributed by atoms with Gasteiger partial charge in [0, 0.05) is 16.0 Å². The van der Waals surface area contributed by atoms with Gasteiger partial charge in [0.25, 0.3) is 0 Å². The van der Waals surface area contributed by atoms with E-state index in [1.54, 1.807) is 24.6 Å². The first kappa shape index (κ1) is 14.0. The van der Waals surface area contributed by atoms with E-state index in [1.165, 1.54) is 0 Å². The second kappa shape index (κ2) is 5.27. The van der Waals surface area contributed by atoms with Crippen molar-refractivity contribution >= 4 is 62.7 Å². The molecule has 0 atom stereocenters. The summed E-state index contributed by atoms with van der Waals surface area (Å²) in [5.74, 6) is -0.363. The maximum absolute atomic E-state index is 11.8. The molecule has 0 N–H and O–H groups in total. The van der Waals surface area contributed by atoms with E-state index in [0.717, 1.165) is 14.5 Å². The monoisotopic (exact) mass is 397 g/mol. The fraction of sp³-hybridized carbons (Fsp3) is 0.250. The average Bonchev–Trinajstić information content (AvgIpc) is 2.65. The van der Waals surface area contributed by atoms with Crippen LogP contribution in [0, 0.1) is 3.57 Å². The number of fused-ring (bicyclic) bond motifs is 1. The molecule has 18 heavy (non-hydrogen) atoms. The summed E-state index contributed by atoms with van der Waals surface area (Å²) >= 11 is 14.4. The van der Waals surface area contributed by atoms with Crippen molar-refractivity contribution in [1.82, 2.24) is 4.57 Å². The summed E-state index contributed by atoms with van der Waals surface area (Å²) in [5.41, 5.74) is 1.32. The molecule has 0 aliphatic rings. The number of ether oxygens (including phenoxy) is 1. The van der Waals surface area contributed by atoms with Crippen LogP contribution in [0.2, 0.25) is 10.0 Å². The average molecular weight is 398 g/mol. The molecule has 0 spiro atoms. The molecule has 1 aromatic heterocycles. The highest BCUT2D eigenvalue weighted by Gasteiger charge is 2.18. The molecule has 0 amide bonds. The Morgan fingerprint density at radius 2 is 2.06 bits per heavy atom. The minimum atomic E-state index is -0.363. The highest BCUT2D eigenvalue weighted by Crippen LogP contribution is 2.36. The van der Waals surface area contributed by atoms with Crippen LogP contribution in [-0.2, 0) is 11.8 Å². The highest BCUT2D eigenvalue weighted by molar-refractivity contribution is 14.1. The quantitative estimate of drug-likeness (QED) is 0.430. The highest BCUT2D eigenvalue weighted by atomic mass is 127. The summed E-state index contributed by atoms with van der Waals surface area (Å²) in [7, 11) is 1.80. The van der Waals surface area contributed by atoms with Crippen LogP contribution in [0.25, 0.3) is 10.9 Å². The van der Waals surface area contributed by atoms with E-state index in [-0.39, 0.29) is 5.97 Å². The normalized spacial score (nSPS) is 10.9. The van der Waals surface area contributed by atoms with Gasteiger partial charge in [-0.1, -0.05) is 23.2 Å². The summed E-state index contributed by atoms with van der Waals surface area (Å²) in [4.78, 5) is 11.8. The Balaban J connectivity index is 2.70. The van der Waals surface area contributed by atoms with Crippen molar-refractivity contribution in [2.75, 3.05) is 6.61 Å². The Morgan fingerprint density at radius 1 is 1.39 bits per heavy atom. The zero-order chi connectivity index (χ0) is 13.4. The zero-order valence-corrected chi connectivity index (χ0v) is 13.4. The van der Waals surface area contributed by atoms with Crippen LogP contribution in [0.5, 0.6) is 0 Å². The first-order chi connectivity index (χ1) is 8.47. The molecular formula is C12H10Cl2INO2. The molecule has 0 unspecified atom stereocenters. The molecule has 6 heteroatoms. The minimum Gasteiger partial charge on any atom is -0.461 e. The molecule has 0 saturated carbocycles. The number of nitrogens with zero attached hydrogens (tertiary/aromatic N) is 1. The third-order valence-corrected chi connectivity index (χ3v) is 4.72. The van der Waals surface area contributed by atoms with Crippen molar-refractivity contribution in [3.05, 3.63) is 31.4 Å². The third-order valence-electron chi connectivity index (χ3n) is 2.67. The van der Waals surface area contributed by atoms with E-state index in [9.17, 15) is 4.79 Å². The molecule has 0 aliphatic heterocycles. The number of rotatable bonds is 2. The van der Waals surface area contributed by atoms with E-state index < -0.39 is 0 Å². The molecule has 0 radical (unpaired) electrons. The zero-order valence-electron chi connectivity index (χ0n) is 9.76. The number of carbonyl (C=O) groups is 1. The number of carbonyl (C=O) groups excluding carboxylic acids is 1. The van der Waals surface area contributed by atoms with Crippen molar-refractivity contribution in [1.29, 1.82) is 0 Å². The van der Waals surface area contributed by atoms with E-state index in [4.69, 9.17) is 27.9 Å². The summed E-state index contributed by atoms with van der Waals surface area (Å²) < 4.78 is 7.61. The second-order valence-electron chi connectivity index (χ2n) is 3.73. The Bertz CT molecular complexity index is 637. The fourth-order valence-electron chi connectivity index (χ4n) is 1.78. The number of aryl methyl sites for hydroxylation is 1. The van der Waals surface area contributed by atoms with E-state index in [2.05, 4.69) is 22.6 Å². The smallest absolute Gasteiger partial charge is 0.354 e. The van der Waals surface area contributed by atoms with Crippen molar-refractivity contribution in [2.45, 2.75) is 6.92 Å². The van der Waals surface area contributed by atoms with Gasteiger partial charge in [0.1, 0.15) is 5.69 Å². The predicted octanol–water partition coefficient (Wildman–Crippen LogP) is 4.27. The Kier molecular flexibility index (Phi) is 4.08. The lowest BCUT2D eigenvalue weighted by Crippen LogP contribution is -2.09. The number of hydrogen-bond donors (Lipinski definition) is 0. The van der Waals surface area contributed by atoms with Crippen LogP contribution in [0.1, 0.15) is 17.4 Å². The van der Waals surface area contributed by atoms with Gasteiger partial charge in [0.05, 0.1) is 22.2 Å². The van der Waals surface area contributed by atoms with Gasteiger partial charge in [0.15, 0.2) is 0 Å². The third kappa shape index (κ3) is 2.21. The van der Waals surface area contributed by atoms with Crippen LogP contribution in [-0.4, -0.2) is 17.1 Å². The fourth-order valence-corrected chi connectivity index (χ4v) is 2.91. The minimum absolute atomic E-state index is 0.340. The van der Waals surface area contributed by atoms with Crippen LogP contribution in [0.15, 0.2) is 12.1 Å². The maximum atomic E-state index is 11.8. The molecule has 0 saturated heterocycles. The summed E-state index contributed by atoms with van der Waals surface area (Å²) in [5, 5.41) is 1.73. The lowest BCUT2D eigenvalue weighted by molar-refractivity contribution is 0.0516. The van der Waals surface area contributed by atoms with Crippen LogP contribution >= 0.6 is 45.8 Å². The number of benzene rings is 1. The van der Waals surface area contributed by atoms with E-state index in [0.29, 0.717) is 22.3 Å². The van der Waals surface area contributed by atoms with Crippen molar-refractivity contribution in [2.24, 2.45) is 7.05 Å². The van der Waals surface area contributed by atoms with Crippen LogP contribution < -0.4 is 0 Å². The van der Waals surface area contributed by atoms with Crippen LogP contribution in [0.4, 0.5) is 0 Å². The lowest BCUT2D eigenvalue weighted by Gasteiger charge is -2.05. The largest absolute Gasteiger partial charge is 0.461 e. The molecule has 3 nitrogen and oxygen atoms in total. The SMILES string of the molecule is CCOC(=O)c1cc2c(Cl)c(Cl)c(I)cc2n1C. The molecular weight excluding hydrogens is 388 g/mol. The van der Waals surface area contributed by atoms with Gasteiger partial charge in [0.2, 0.25) is 0 Å². The first-order valence-electron chi connectivity index (χ1n) is 5.27. The van der Waals surface area contributed by atoms with Crippen molar-refractivity contribution in [3.8, 4) is 0 Å². The topological polar surface area (TPSA) is 31.2 Å². The van der Waals surface area contributed by atoms with E-state index in [1.807, 2.05) is 6.07 Å². The van der Waals surface area contributed by atoms with Gasteiger partial charge < -0.3 is 9.30 Å². The molecule has 0 aliphatic carbocycles. The first-order valence-corrected chi connectivity index (χ1v) is 7.10.